The Balaban J connectivity index is 1.84. The van der Waals surface area contributed by atoms with E-state index in [1.165, 1.54) is 15.6 Å². The fourth-order valence-corrected chi connectivity index (χ4v) is 3.35. The van der Waals surface area contributed by atoms with E-state index < -0.39 is 0 Å². The zero-order valence-corrected chi connectivity index (χ0v) is 12.3. The lowest BCUT2D eigenvalue weighted by Crippen LogP contribution is -2.49. The van der Waals surface area contributed by atoms with Crippen LogP contribution in [0.25, 0.3) is 0 Å². The monoisotopic (exact) mass is 310 g/mol. The summed E-state index contributed by atoms with van der Waals surface area (Å²) in [7, 11) is 0. The maximum Gasteiger partial charge on any atom is 0.127 e. The summed E-state index contributed by atoms with van der Waals surface area (Å²) < 4.78 is 6.97. The average molecular weight is 311 g/mol. The Morgan fingerprint density at radius 2 is 2.39 bits per heavy atom. The first-order chi connectivity index (χ1) is 8.74. The predicted octanol–water partition coefficient (Wildman–Crippen LogP) is 2.18. The van der Waals surface area contributed by atoms with E-state index in [9.17, 15) is 0 Å². The Kier molecular flexibility index (Phi) is 3.59. The smallest absolute Gasteiger partial charge is 0.127 e. The number of hydrogen-bond donors (Lipinski definition) is 1. The predicted molar refractivity (Wildman–Crippen MR) is 76.1 cm³/mol. The molecule has 0 bridgehead atoms. The molecule has 1 fully saturated rings. The number of nitrogens with zero attached hydrogens (tertiary/aromatic N) is 1. The summed E-state index contributed by atoms with van der Waals surface area (Å²) in [5.74, 6) is 1.13. The van der Waals surface area contributed by atoms with Crippen molar-refractivity contribution < 1.29 is 4.74 Å². The SMILES string of the molecule is CC1CNCCN1Cc1cc(Br)cc2c1OCC2. The molecule has 18 heavy (non-hydrogen) atoms. The quantitative estimate of drug-likeness (QED) is 0.906. The van der Waals surface area contributed by atoms with E-state index >= 15 is 0 Å². The van der Waals surface area contributed by atoms with Crippen molar-refractivity contribution in [3.63, 3.8) is 0 Å². The lowest BCUT2D eigenvalue weighted by atomic mass is 10.1. The first-order valence-electron chi connectivity index (χ1n) is 6.63. The van der Waals surface area contributed by atoms with Crippen LogP contribution < -0.4 is 10.1 Å². The topological polar surface area (TPSA) is 24.5 Å². The summed E-state index contributed by atoms with van der Waals surface area (Å²) >= 11 is 3.61. The maximum absolute atomic E-state index is 5.80. The minimum absolute atomic E-state index is 0.592. The van der Waals surface area contributed by atoms with Crippen molar-refractivity contribution in [2.24, 2.45) is 0 Å². The van der Waals surface area contributed by atoms with Crippen LogP contribution in [0.4, 0.5) is 0 Å². The Bertz CT molecular complexity index is 450. The molecule has 0 aliphatic carbocycles. The molecule has 0 amide bonds. The van der Waals surface area contributed by atoms with Crippen LogP contribution in [0.2, 0.25) is 0 Å². The van der Waals surface area contributed by atoms with Crippen LogP contribution in [0.3, 0.4) is 0 Å². The zero-order chi connectivity index (χ0) is 12.5. The summed E-state index contributed by atoms with van der Waals surface area (Å²) in [5, 5.41) is 3.43. The molecule has 0 saturated carbocycles. The minimum atomic E-state index is 0.592. The Morgan fingerprint density at radius 1 is 1.50 bits per heavy atom. The summed E-state index contributed by atoms with van der Waals surface area (Å²) in [6, 6.07) is 4.99. The first-order valence-corrected chi connectivity index (χ1v) is 7.42. The fourth-order valence-electron chi connectivity index (χ4n) is 2.80. The van der Waals surface area contributed by atoms with Gasteiger partial charge in [-0.05, 0) is 24.6 Å². The summed E-state index contributed by atoms with van der Waals surface area (Å²) in [6.07, 6.45) is 1.04. The van der Waals surface area contributed by atoms with E-state index in [0.717, 1.165) is 45.0 Å². The summed E-state index contributed by atoms with van der Waals surface area (Å²) in [5.41, 5.74) is 2.67. The molecule has 1 atom stereocenters. The molecule has 4 heteroatoms. The van der Waals surface area contributed by atoms with Crippen molar-refractivity contribution in [1.29, 1.82) is 0 Å². The number of fused-ring (bicyclic) bond motifs is 1. The van der Waals surface area contributed by atoms with Gasteiger partial charge in [-0.25, -0.2) is 0 Å². The van der Waals surface area contributed by atoms with E-state index in [0.29, 0.717) is 6.04 Å². The van der Waals surface area contributed by atoms with Gasteiger partial charge in [0.1, 0.15) is 5.75 Å². The second-order valence-corrected chi connectivity index (χ2v) is 6.09. The van der Waals surface area contributed by atoms with Gasteiger partial charge >= 0.3 is 0 Å². The van der Waals surface area contributed by atoms with E-state index in [1.54, 1.807) is 0 Å². The molecule has 1 saturated heterocycles. The van der Waals surface area contributed by atoms with E-state index in [4.69, 9.17) is 4.74 Å². The summed E-state index contributed by atoms with van der Waals surface area (Å²) in [6.45, 7) is 7.38. The zero-order valence-electron chi connectivity index (χ0n) is 10.7. The van der Waals surface area contributed by atoms with E-state index in [-0.39, 0.29) is 0 Å². The highest BCUT2D eigenvalue weighted by Gasteiger charge is 2.22. The lowest BCUT2D eigenvalue weighted by Gasteiger charge is -2.34. The molecule has 0 aromatic heterocycles. The second kappa shape index (κ2) is 5.19. The van der Waals surface area contributed by atoms with Crippen molar-refractivity contribution >= 4 is 15.9 Å². The minimum Gasteiger partial charge on any atom is -0.493 e. The molecule has 1 unspecified atom stereocenters. The highest BCUT2D eigenvalue weighted by molar-refractivity contribution is 9.10. The molecule has 1 N–H and O–H groups in total. The molecule has 0 spiro atoms. The Hall–Kier alpha value is -0.580. The largest absolute Gasteiger partial charge is 0.493 e. The molecule has 3 nitrogen and oxygen atoms in total. The molecule has 3 rings (SSSR count). The van der Waals surface area contributed by atoms with Crippen LogP contribution in [0, 0.1) is 0 Å². The van der Waals surface area contributed by atoms with Gasteiger partial charge in [-0.1, -0.05) is 15.9 Å². The molecule has 1 aromatic carbocycles. The standard InChI is InChI=1S/C14H19BrN2O/c1-10-8-16-3-4-17(10)9-12-7-13(15)6-11-2-5-18-14(11)12/h6-7,10,16H,2-5,8-9H2,1H3. The Morgan fingerprint density at radius 3 is 3.22 bits per heavy atom. The van der Waals surface area contributed by atoms with E-state index in [1.807, 2.05) is 0 Å². The van der Waals surface area contributed by atoms with Crippen LogP contribution in [-0.2, 0) is 13.0 Å². The highest BCUT2D eigenvalue weighted by atomic mass is 79.9. The maximum atomic E-state index is 5.80. The van der Waals surface area contributed by atoms with Gasteiger partial charge in [0.05, 0.1) is 6.61 Å². The molecular formula is C14H19BrN2O. The van der Waals surface area contributed by atoms with Crippen molar-refractivity contribution in [3.8, 4) is 5.75 Å². The lowest BCUT2D eigenvalue weighted by molar-refractivity contribution is 0.164. The van der Waals surface area contributed by atoms with Gasteiger partial charge < -0.3 is 10.1 Å². The van der Waals surface area contributed by atoms with Gasteiger partial charge in [-0.2, -0.15) is 0 Å². The average Bonchev–Trinajstić information content (AvgIpc) is 2.80. The van der Waals surface area contributed by atoms with Gasteiger partial charge in [0.2, 0.25) is 0 Å². The van der Waals surface area contributed by atoms with Crippen LogP contribution in [0.5, 0.6) is 5.75 Å². The second-order valence-electron chi connectivity index (χ2n) is 5.18. The third kappa shape index (κ3) is 2.42. The third-order valence-electron chi connectivity index (χ3n) is 3.84. The number of halogens is 1. The normalized spacial score (nSPS) is 23.8. The van der Waals surface area contributed by atoms with Gasteiger partial charge in [0.15, 0.2) is 0 Å². The van der Waals surface area contributed by atoms with E-state index in [2.05, 4.69) is 45.2 Å². The third-order valence-corrected chi connectivity index (χ3v) is 4.30. The van der Waals surface area contributed by atoms with Crippen LogP contribution in [0.15, 0.2) is 16.6 Å². The Labute approximate surface area is 117 Å². The number of rotatable bonds is 2. The van der Waals surface area contributed by atoms with Crippen LogP contribution >= 0.6 is 15.9 Å². The van der Waals surface area contributed by atoms with Gasteiger partial charge in [-0.3, -0.25) is 4.90 Å². The van der Waals surface area contributed by atoms with Gasteiger partial charge in [-0.15, -0.1) is 0 Å². The van der Waals surface area contributed by atoms with Gasteiger partial charge in [0, 0.05) is 48.7 Å². The molecule has 0 radical (unpaired) electrons. The van der Waals surface area contributed by atoms with Crippen LogP contribution in [-0.4, -0.2) is 37.2 Å². The number of benzene rings is 1. The number of nitrogens with one attached hydrogen (secondary N) is 1. The number of piperazine rings is 1. The number of hydrogen-bond acceptors (Lipinski definition) is 3. The first kappa shape index (κ1) is 12.5. The van der Waals surface area contributed by atoms with Crippen molar-refractivity contribution in [2.75, 3.05) is 26.2 Å². The molecular weight excluding hydrogens is 292 g/mol. The number of ether oxygens (including phenoxy) is 1. The molecule has 1 aromatic rings. The van der Waals surface area contributed by atoms with Gasteiger partial charge in [0.25, 0.3) is 0 Å². The molecule has 2 aliphatic rings. The fraction of sp³-hybridized carbons (Fsp3) is 0.571. The van der Waals surface area contributed by atoms with Crippen molar-refractivity contribution in [3.05, 3.63) is 27.7 Å². The molecule has 98 valence electrons. The highest BCUT2D eigenvalue weighted by Crippen LogP contribution is 2.34. The molecule has 2 heterocycles. The van der Waals surface area contributed by atoms with Crippen molar-refractivity contribution in [2.45, 2.75) is 25.9 Å². The molecule has 2 aliphatic heterocycles. The summed E-state index contributed by atoms with van der Waals surface area (Å²) in [4.78, 5) is 2.53. The van der Waals surface area contributed by atoms with Crippen LogP contribution in [0.1, 0.15) is 18.1 Å². The van der Waals surface area contributed by atoms with Crippen molar-refractivity contribution in [1.82, 2.24) is 10.2 Å².